The van der Waals surface area contributed by atoms with E-state index in [9.17, 15) is 4.79 Å². The van der Waals surface area contributed by atoms with E-state index < -0.39 is 11.7 Å². The lowest BCUT2D eigenvalue weighted by molar-refractivity contribution is 0.0509. The molecule has 6 nitrogen and oxygen atoms in total. The maximum Gasteiger partial charge on any atom is 0.407 e. The molecular weight excluding hydrogens is 340 g/mol. The van der Waals surface area contributed by atoms with Crippen molar-refractivity contribution in [3.8, 4) is 11.8 Å². The van der Waals surface area contributed by atoms with Gasteiger partial charge < -0.3 is 15.0 Å². The van der Waals surface area contributed by atoms with Crippen molar-refractivity contribution in [1.82, 2.24) is 20.1 Å². The van der Waals surface area contributed by atoms with Gasteiger partial charge in [-0.25, -0.2) is 4.79 Å². The van der Waals surface area contributed by atoms with E-state index in [2.05, 4.69) is 45.1 Å². The largest absolute Gasteiger partial charge is 0.444 e. The number of carbonyl (C=O) groups excluding carboxylic acids is 1. The third-order valence-corrected chi connectivity index (χ3v) is 4.20. The molecule has 1 aliphatic rings. The Morgan fingerprint density at radius 1 is 1.30 bits per heavy atom. The molecule has 1 fully saturated rings. The molecule has 148 valence electrons. The molecule has 1 saturated heterocycles. The molecule has 0 spiro atoms. The standard InChI is InChI=1S/C21H32N4O2/c1-17(23-20(26)27-21(2,3)4)7-6-8-18-13-19(15-22-14-18)16-25-11-9-24(5)10-12-25/h13-15,17H,7,9-12,16H2,1-5H3,(H,23,26)/t17-/m0/s1. The minimum absolute atomic E-state index is 0.0752. The molecule has 1 amide bonds. The molecule has 0 bridgehead atoms. The Hall–Kier alpha value is -2.10. The number of pyridine rings is 1. The van der Waals surface area contributed by atoms with E-state index in [1.807, 2.05) is 33.9 Å². The Kier molecular flexibility index (Phi) is 7.64. The van der Waals surface area contributed by atoms with E-state index >= 15 is 0 Å². The number of carbonyl (C=O) groups is 1. The second-order valence-corrected chi connectivity index (χ2v) is 8.21. The number of ether oxygens (including phenoxy) is 1. The molecule has 0 saturated carbocycles. The first kappa shape index (κ1) is 21.2. The Bertz CT molecular complexity index is 679. The minimum atomic E-state index is -0.495. The van der Waals surface area contributed by atoms with Crippen molar-refractivity contribution in [1.29, 1.82) is 0 Å². The summed E-state index contributed by atoms with van der Waals surface area (Å²) in [6.07, 6.45) is 3.84. The van der Waals surface area contributed by atoms with E-state index in [1.54, 1.807) is 6.20 Å². The van der Waals surface area contributed by atoms with Gasteiger partial charge in [0.25, 0.3) is 0 Å². The van der Waals surface area contributed by atoms with Crippen LogP contribution in [0, 0.1) is 11.8 Å². The van der Waals surface area contributed by atoms with Crippen molar-refractivity contribution in [2.45, 2.75) is 52.3 Å². The fourth-order valence-corrected chi connectivity index (χ4v) is 2.77. The van der Waals surface area contributed by atoms with Gasteiger partial charge in [-0.15, -0.1) is 0 Å². The summed E-state index contributed by atoms with van der Waals surface area (Å²) < 4.78 is 5.25. The fraction of sp³-hybridized carbons (Fsp3) is 0.619. The van der Waals surface area contributed by atoms with E-state index in [1.165, 1.54) is 5.56 Å². The Labute approximate surface area is 163 Å². The van der Waals surface area contributed by atoms with Crippen LogP contribution in [0.25, 0.3) is 0 Å². The van der Waals surface area contributed by atoms with Gasteiger partial charge in [-0.2, -0.15) is 0 Å². The molecule has 1 N–H and O–H groups in total. The maximum atomic E-state index is 11.8. The summed E-state index contributed by atoms with van der Waals surface area (Å²) in [5.74, 6) is 6.28. The highest BCUT2D eigenvalue weighted by molar-refractivity contribution is 5.68. The summed E-state index contributed by atoms with van der Waals surface area (Å²) >= 11 is 0. The Morgan fingerprint density at radius 3 is 2.67 bits per heavy atom. The second-order valence-electron chi connectivity index (χ2n) is 8.21. The highest BCUT2D eigenvalue weighted by Gasteiger charge is 2.17. The molecule has 1 aromatic heterocycles. The van der Waals surface area contributed by atoms with Gasteiger partial charge in [0.15, 0.2) is 0 Å². The zero-order valence-electron chi connectivity index (χ0n) is 17.2. The quantitative estimate of drug-likeness (QED) is 0.823. The lowest BCUT2D eigenvalue weighted by Crippen LogP contribution is -2.43. The number of piperazine rings is 1. The number of nitrogens with one attached hydrogen (secondary N) is 1. The zero-order valence-corrected chi connectivity index (χ0v) is 17.2. The van der Waals surface area contributed by atoms with Crippen molar-refractivity contribution >= 4 is 6.09 Å². The first-order valence-corrected chi connectivity index (χ1v) is 9.54. The molecule has 0 radical (unpaired) electrons. The van der Waals surface area contributed by atoms with Gasteiger partial charge in [-0.3, -0.25) is 9.88 Å². The van der Waals surface area contributed by atoms with Gasteiger partial charge in [0.2, 0.25) is 0 Å². The van der Waals surface area contributed by atoms with Crippen molar-refractivity contribution in [2.75, 3.05) is 33.2 Å². The summed E-state index contributed by atoms with van der Waals surface area (Å²) in [7, 11) is 2.16. The number of hydrogen-bond donors (Lipinski definition) is 1. The summed E-state index contributed by atoms with van der Waals surface area (Å²) in [5.41, 5.74) is 1.60. The Morgan fingerprint density at radius 2 is 2.00 bits per heavy atom. The topological polar surface area (TPSA) is 57.7 Å². The SMILES string of the molecule is C[C@@H](CC#Cc1cncc(CN2CCN(C)CC2)c1)NC(=O)OC(C)(C)C. The van der Waals surface area contributed by atoms with Crippen LogP contribution in [0.15, 0.2) is 18.5 Å². The number of nitrogens with zero attached hydrogens (tertiary/aromatic N) is 3. The smallest absolute Gasteiger partial charge is 0.407 e. The molecule has 2 rings (SSSR count). The molecular formula is C21H32N4O2. The second kappa shape index (κ2) is 9.72. The molecule has 27 heavy (non-hydrogen) atoms. The van der Waals surface area contributed by atoms with E-state index in [4.69, 9.17) is 4.74 Å². The molecule has 1 aromatic rings. The van der Waals surface area contributed by atoms with Crippen molar-refractivity contribution < 1.29 is 9.53 Å². The highest BCUT2D eigenvalue weighted by atomic mass is 16.6. The number of aromatic nitrogens is 1. The number of rotatable bonds is 4. The number of alkyl carbamates (subject to hydrolysis) is 1. The normalized spacial score (nSPS) is 16.9. The average molecular weight is 373 g/mol. The van der Waals surface area contributed by atoms with Crippen LogP contribution in [0.2, 0.25) is 0 Å². The van der Waals surface area contributed by atoms with Gasteiger partial charge in [-0.05, 0) is 46.4 Å². The van der Waals surface area contributed by atoms with E-state index in [-0.39, 0.29) is 6.04 Å². The first-order valence-electron chi connectivity index (χ1n) is 9.54. The van der Waals surface area contributed by atoms with E-state index in [0.717, 1.165) is 38.3 Å². The predicted molar refractivity (Wildman–Crippen MR) is 107 cm³/mol. The predicted octanol–water partition coefficient (Wildman–Crippen LogP) is 2.48. The fourth-order valence-electron chi connectivity index (χ4n) is 2.77. The zero-order chi connectivity index (χ0) is 19.9. The number of likely N-dealkylation sites (N-methyl/N-ethyl adjacent to an activating group) is 1. The lowest BCUT2D eigenvalue weighted by Gasteiger charge is -2.32. The molecule has 0 aromatic carbocycles. The van der Waals surface area contributed by atoms with Crippen LogP contribution in [-0.2, 0) is 11.3 Å². The summed E-state index contributed by atoms with van der Waals surface area (Å²) in [5, 5.41) is 2.80. The van der Waals surface area contributed by atoms with Crippen LogP contribution in [0.1, 0.15) is 45.2 Å². The number of amides is 1. The molecule has 2 heterocycles. The van der Waals surface area contributed by atoms with Gasteiger partial charge in [0.1, 0.15) is 5.60 Å². The minimum Gasteiger partial charge on any atom is -0.444 e. The third-order valence-electron chi connectivity index (χ3n) is 4.20. The van der Waals surface area contributed by atoms with Crippen molar-refractivity contribution in [2.24, 2.45) is 0 Å². The van der Waals surface area contributed by atoms with Crippen LogP contribution >= 0.6 is 0 Å². The maximum absolute atomic E-state index is 11.8. The number of hydrogen-bond acceptors (Lipinski definition) is 5. The summed E-state index contributed by atoms with van der Waals surface area (Å²) in [4.78, 5) is 20.9. The molecule has 1 atom stereocenters. The van der Waals surface area contributed by atoms with Gasteiger partial charge >= 0.3 is 6.09 Å². The van der Waals surface area contributed by atoms with Crippen LogP contribution in [-0.4, -0.2) is 65.7 Å². The van der Waals surface area contributed by atoms with E-state index in [0.29, 0.717) is 6.42 Å². The monoisotopic (exact) mass is 372 g/mol. The molecule has 6 heteroatoms. The molecule has 0 aliphatic carbocycles. The summed E-state index contributed by atoms with van der Waals surface area (Å²) in [6.45, 7) is 12.7. The highest BCUT2D eigenvalue weighted by Crippen LogP contribution is 2.09. The first-order chi connectivity index (χ1) is 12.7. The van der Waals surface area contributed by atoms with Crippen molar-refractivity contribution in [3.05, 3.63) is 29.6 Å². The van der Waals surface area contributed by atoms with Gasteiger partial charge in [0, 0.05) is 63.1 Å². The average Bonchev–Trinajstić information content (AvgIpc) is 2.55. The summed E-state index contributed by atoms with van der Waals surface area (Å²) in [6, 6.07) is 2.03. The van der Waals surface area contributed by atoms with Gasteiger partial charge in [-0.1, -0.05) is 11.8 Å². The molecule has 1 aliphatic heterocycles. The van der Waals surface area contributed by atoms with Crippen LogP contribution < -0.4 is 5.32 Å². The van der Waals surface area contributed by atoms with Crippen molar-refractivity contribution in [3.63, 3.8) is 0 Å². The lowest BCUT2D eigenvalue weighted by atomic mass is 10.1. The third kappa shape index (κ3) is 8.42. The molecule has 0 unspecified atom stereocenters. The van der Waals surface area contributed by atoms with Crippen LogP contribution in [0.3, 0.4) is 0 Å². The van der Waals surface area contributed by atoms with Gasteiger partial charge in [0.05, 0.1) is 0 Å². The Balaban J connectivity index is 1.83. The van der Waals surface area contributed by atoms with Crippen LogP contribution in [0.5, 0.6) is 0 Å². The van der Waals surface area contributed by atoms with Crippen LogP contribution in [0.4, 0.5) is 4.79 Å².